The van der Waals surface area contributed by atoms with Gasteiger partial charge in [-0.15, -0.1) is 0 Å². The van der Waals surface area contributed by atoms with Crippen LogP contribution in [0.3, 0.4) is 0 Å². The molecule has 6 heteroatoms. The summed E-state index contributed by atoms with van der Waals surface area (Å²) < 4.78 is 16.8. The van der Waals surface area contributed by atoms with E-state index in [4.69, 9.17) is 14.2 Å². The van der Waals surface area contributed by atoms with E-state index in [1.807, 2.05) is 0 Å². The average Bonchev–Trinajstić information content (AvgIpc) is 3.30. The number of unbranched alkanes of at least 4 members (excludes halogenated alkanes) is 23. The molecule has 0 amide bonds. The Morgan fingerprint density at radius 3 is 1.02 bits per heavy atom. The van der Waals surface area contributed by atoms with Gasteiger partial charge in [0.05, 0.1) is 0 Å². The molecular weight excluding hydrogens is 805 g/mol. The molecule has 0 aromatic carbocycles. The summed E-state index contributed by atoms with van der Waals surface area (Å²) in [5.74, 6) is -0.915. The van der Waals surface area contributed by atoms with Crippen molar-refractivity contribution in [3.8, 4) is 0 Å². The van der Waals surface area contributed by atoms with Gasteiger partial charge in [-0.2, -0.15) is 0 Å². The lowest BCUT2D eigenvalue weighted by molar-refractivity contribution is -0.167. The van der Waals surface area contributed by atoms with Gasteiger partial charge in [0.15, 0.2) is 6.10 Å². The Balaban J connectivity index is 4.30. The Labute approximate surface area is 401 Å². The van der Waals surface area contributed by atoms with Crippen LogP contribution in [0.15, 0.2) is 85.1 Å². The highest BCUT2D eigenvalue weighted by atomic mass is 16.6. The standard InChI is InChI=1S/C59H100O6/c1-4-7-10-13-16-19-22-24-25-26-27-28-29-30-31-32-33-35-37-40-43-46-49-52-58(61)64-55-56(54-63-57(60)51-48-45-42-39-36-21-18-15-12-9-6-3)65-59(62)53-50-47-44-41-38-34-23-20-17-14-11-8-5-2/h7,10-11,14-16,18-20,23-25,27-28,56H,4-6,8-9,12-13,17,21-22,26,29-55H2,1-3H3/b10-7-,14-11-,18-15-,19-16-,23-20-,25-24-,28-27-. The Morgan fingerprint density at radius 1 is 0.323 bits per heavy atom. The van der Waals surface area contributed by atoms with Crippen molar-refractivity contribution < 1.29 is 28.6 Å². The van der Waals surface area contributed by atoms with Crippen LogP contribution in [0, 0.1) is 0 Å². The molecule has 0 aromatic heterocycles. The van der Waals surface area contributed by atoms with E-state index in [1.54, 1.807) is 0 Å². The Kier molecular flexibility index (Phi) is 50.4. The van der Waals surface area contributed by atoms with Gasteiger partial charge in [-0.1, -0.05) is 215 Å². The zero-order valence-electron chi connectivity index (χ0n) is 42.5. The molecule has 0 aliphatic carbocycles. The number of carbonyl (C=O) groups excluding carboxylic acids is 3. The predicted molar refractivity (Wildman–Crippen MR) is 279 cm³/mol. The quantitative estimate of drug-likeness (QED) is 0.0262. The molecule has 0 heterocycles. The van der Waals surface area contributed by atoms with Crippen LogP contribution >= 0.6 is 0 Å². The van der Waals surface area contributed by atoms with Crippen LogP contribution in [0.2, 0.25) is 0 Å². The van der Waals surface area contributed by atoms with E-state index >= 15 is 0 Å². The van der Waals surface area contributed by atoms with E-state index in [1.165, 1.54) is 89.9 Å². The van der Waals surface area contributed by atoms with Gasteiger partial charge in [-0.05, 0) is 103 Å². The monoisotopic (exact) mass is 905 g/mol. The number of carbonyl (C=O) groups is 3. The topological polar surface area (TPSA) is 78.9 Å². The zero-order valence-corrected chi connectivity index (χ0v) is 42.5. The molecule has 0 radical (unpaired) electrons. The second-order valence-corrected chi connectivity index (χ2v) is 17.7. The molecular formula is C59H100O6. The van der Waals surface area contributed by atoms with Gasteiger partial charge in [-0.25, -0.2) is 0 Å². The summed E-state index contributed by atoms with van der Waals surface area (Å²) in [6.07, 6.45) is 68.6. The Hall–Kier alpha value is -3.41. The highest BCUT2D eigenvalue weighted by molar-refractivity contribution is 5.71. The first-order valence-corrected chi connectivity index (χ1v) is 27.1. The Bertz CT molecular complexity index is 1270. The minimum atomic E-state index is -0.788. The van der Waals surface area contributed by atoms with Gasteiger partial charge in [0.1, 0.15) is 13.2 Å². The lowest BCUT2D eigenvalue weighted by Gasteiger charge is -2.18. The van der Waals surface area contributed by atoms with Gasteiger partial charge >= 0.3 is 17.9 Å². The molecule has 65 heavy (non-hydrogen) atoms. The molecule has 1 atom stereocenters. The average molecular weight is 905 g/mol. The van der Waals surface area contributed by atoms with E-state index in [0.717, 1.165) is 122 Å². The van der Waals surface area contributed by atoms with Crippen molar-refractivity contribution in [2.24, 2.45) is 0 Å². The fraction of sp³-hybridized carbons (Fsp3) is 0.712. The van der Waals surface area contributed by atoms with E-state index in [2.05, 4.69) is 106 Å². The third kappa shape index (κ3) is 51.4. The predicted octanol–water partition coefficient (Wildman–Crippen LogP) is 18.0. The molecule has 0 aliphatic rings. The molecule has 0 rings (SSSR count). The van der Waals surface area contributed by atoms with Gasteiger partial charge in [0.2, 0.25) is 0 Å². The summed E-state index contributed by atoms with van der Waals surface area (Å²) in [4.78, 5) is 38.0. The van der Waals surface area contributed by atoms with Crippen molar-refractivity contribution in [1.82, 2.24) is 0 Å². The minimum absolute atomic E-state index is 0.0872. The number of esters is 3. The van der Waals surface area contributed by atoms with Crippen LogP contribution in [0.25, 0.3) is 0 Å². The second-order valence-electron chi connectivity index (χ2n) is 17.7. The van der Waals surface area contributed by atoms with Crippen LogP contribution in [-0.2, 0) is 28.6 Å². The van der Waals surface area contributed by atoms with Crippen LogP contribution in [0.1, 0.15) is 252 Å². The maximum absolute atomic E-state index is 12.8. The summed E-state index contributed by atoms with van der Waals surface area (Å²) in [6, 6.07) is 0. The summed E-state index contributed by atoms with van der Waals surface area (Å²) in [7, 11) is 0. The fourth-order valence-corrected chi connectivity index (χ4v) is 7.28. The molecule has 0 saturated heterocycles. The third-order valence-corrected chi connectivity index (χ3v) is 11.3. The lowest BCUT2D eigenvalue weighted by Crippen LogP contribution is -2.30. The van der Waals surface area contributed by atoms with E-state index in [0.29, 0.717) is 19.3 Å². The number of hydrogen-bond acceptors (Lipinski definition) is 6. The van der Waals surface area contributed by atoms with Crippen molar-refractivity contribution in [1.29, 1.82) is 0 Å². The molecule has 0 fully saturated rings. The maximum Gasteiger partial charge on any atom is 0.306 e. The minimum Gasteiger partial charge on any atom is -0.462 e. The zero-order chi connectivity index (χ0) is 47.2. The number of allylic oxidation sites excluding steroid dienone is 14. The molecule has 0 bridgehead atoms. The van der Waals surface area contributed by atoms with Crippen molar-refractivity contribution in [2.75, 3.05) is 13.2 Å². The normalized spacial score (nSPS) is 12.7. The van der Waals surface area contributed by atoms with E-state index in [9.17, 15) is 14.4 Å². The lowest BCUT2D eigenvalue weighted by atomic mass is 10.1. The molecule has 0 spiro atoms. The maximum atomic E-state index is 12.8. The largest absolute Gasteiger partial charge is 0.462 e. The van der Waals surface area contributed by atoms with Gasteiger partial charge in [0.25, 0.3) is 0 Å². The van der Waals surface area contributed by atoms with Crippen molar-refractivity contribution in [3.05, 3.63) is 85.1 Å². The van der Waals surface area contributed by atoms with Gasteiger partial charge < -0.3 is 14.2 Å². The number of hydrogen-bond donors (Lipinski definition) is 0. The molecule has 0 aliphatic heterocycles. The molecule has 0 aromatic rings. The summed E-state index contributed by atoms with van der Waals surface area (Å²) in [5, 5.41) is 0. The molecule has 0 saturated carbocycles. The first-order chi connectivity index (χ1) is 32.0. The van der Waals surface area contributed by atoms with Crippen LogP contribution in [0.5, 0.6) is 0 Å². The third-order valence-electron chi connectivity index (χ3n) is 11.3. The number of ether oxygens (including phenoxy) is 3. The van der Waals surface area contributed by atoms with Crippen molar-refractivity contribution >= 4 is 17.9 Å². The molecule has 0 N–H and O–H groups in total. The first-order valence-electron chi connectivity index (χ1n) is 27.1. The Morgan fingerprint density at radius 2 is 0.631 bits per heavy atom. The second kappa shape index (κ2) is 53.2. The molecule has 6 nitrogen and oxygen atoms in total. The van der Waals surface area contributed by atoms with Crippen molar-refractivity contribution in [3.63, 3.8) is 0 Å². The summed E-state index contributed by atoms with van der Waals surface area (Å²) in [6.45, 7) is 6.40. The van der Waals surface area contributed by atoms with Crippen LogP contribution in [-0.4, -0.2) is 37.2 Å². The van der Waals surface area contributed by atoms with Crippen LogP contribution < -0.4 is 0 Å². The SMILES string of the molecule is CC/C=C\C/C=C\C/C=C\C/C=C\CCCCCCCCCCCCC(=O)OCC(COC(=O)CCCCCCC/C=C\CCCC)OC(=O)CCCCCCC/C=C\C/C=C\CCC. The fourth-order valence-electron chi connectivity index (χ4n) is 7.28. The smallest absolute Gasteiger partial charge is 0.306 e. The van der Waals surface area contributed by atoms with Crippen molar-refractivity contribution in [2.45, 2.75) is 258 Å². The highest BCUT2D eigenvalue weighted by Gasteiger charge is 2.19. The van der Waals surface area contributed by atoms with Gasteiger partial charge in [-0.3, -0.25) is 14.4 Å². The molecule has 1 unspecified atom stereocenters. The van der Waals surface area contributed by atoms with Crippen LogP contribution in [0.4, 0.5) is 0 Å². The summed E-state index contributed by atoms with van der Waals surface area (Å²) in [5.41, 5.74) is 0. The highest BCUT2D eigenvalue weighted by Crippen LogP contribution is 2.15. The van der Waals surface area contributed by atoms with Gasteiger partial charge in [0, 0.05) is 19.3 Å². The molecule has 372 valence electrons. The number of rotatable bonds is 48. The van der Waals surface area contributed by atoms with E-state index < -0.39 is 6.10 Å². The first kappa shape index (κ1) is 61.6. The summed E-state index contributed by atoms with van der Waals surface area (Å²) >= 11 is 0. The van der Waals surface area contributed by atoms with E-state index in [-0.39, 0.29) is 31.1 Å².